The van der Waals surface area contributed by atoms with Crippen molar-refractivity contribution in [2.24, 2.45) is 0 Å². The Balaban J connectivity index is 1.78. The average Bonchev–Trinajstić information content (AvgIpc) is 3.21. The molecule has 1 amide bonds. The fourth-order valence-corrected chi connectivity index (χ4v) is 3.11. The van der Waals surface area contributed by atoms with Gasteiger partial charge in [0.1, 0.15) is 11.3 Å². The number of aryl methyl sites for hydroxylation is 2. The molecule has 1 aromatic carbocycles. The largest absolute Gasteiger partial charge is 0.361 e. The number of benzene rings is 1. The van der Waals surface area contributed by atoms with E-state index in [2.05, 4.69) is 16.5 Å². The van der Waals surface area contributed by atoms with E-state index < -0.39 is 0 Å². The molecule has 0 saturated carbocycles. The minimum Gasteiger partial charge on any atom is -0.361 e. The van der Waals surface area contributed by atoms with Crippen molar-refractivity contribution in [3.63, 3.8) is 0 Å². The number of nitrogens with one attached hydrogen (secondary N) is 1. The predicted molar refractivity (Wildman–Crippen MR) is 95.7 cm³/mol. The second kappa shape index (κ2) is 6.91. The number of thiocarbonyl (C=S) groups is 1. The van der Waals surface area contributed by atoms with E-state index in [0.717, 1.165) is 6.42 Å². The second-order valence-corrected chi connectivity index (χ2v) is 6.11. The van der Waals surface area contributed by atoms with E-state index in [1.165, 1.54) is 0 Å². The van der Waals surface area contributed by atoms with E-state index in [-0.39, 0.29) is 5.91 Å². The zero-order valence-electron chi connectivity index (χ0n) is 13.9. The highest BCUT2D eigenvalue weighted by Gasteiger charge is 2.32. The molecule has 0 spiro atoms. The van der Waals surface area contributed by atoms with Crippen LogP contribution in [0.3, 0.4) is 0 Å². The zero-order valence-corrected chi connectivity index (χ0v) is 14.8. The Bertz CT molecular complexity index is 851. The summed E-state index contributed by atoms with van der Waals surface area (Å²) >= 11 is 5.47. The van der Waals surface area contributed by atoms with Crippen molar-refractivity contribution >= 4 is 28.9 Å². The Morgan fingerprint density at radius 2 is 2.12 bits per heavy atom. The lowest BCUT2D eigenvalue weighted by Gasteiger charge is -2.30. The predicted octanol–water partition coefficient (Wildman–Crippen LogP) is 2.62. The standard InChI is InChI=1S/C17H17N5O2S/c1-11-15(12(2)24-20-11)16(23)21-7-4-8-22(21)17(25)19-14-6-3-5-13(9-14)10-18/h3,5-6,9H,4,7-8H2,1-2H3,(H,19,25). The average molecular weight is 355 g/mol. The number of nitrogens with zero attached hydrogens (tertiary/aromatic N) is 4. The second-order valence-electron chi connectivity index (χ2n) is 5.73. The first-order chi connectivity index (χ1) is 12.0. The summed E-state index contributed by atoms with van der Waals surface area (Å²) in [6.45, 7) is 4.67. The molecule has 0 aliphatic carbocycles. The van der Waals surface area contributed by atoms with Crippen LogP contribution in [0.2, 0.25) is 0 Å². The summed E-state index contributed by atoms with van der Waals surface area (Å²) in [5.41, 5.74) is 2.29. The molecule has 0 atom stereocenters. The van der Waals surface area contributed by atoms with Gasteiger partial charge in [-0.15, -0.1) is 0 Å². The quantitative estimate of drug-likeness (QED) is 0.829. The van der Waals surface area contributed by atoms with Gasteiger partial charge < -0.3 is 9.84 Å². The maximum Gasteiger partial charge on any atom is 0.277 e. The van der Waals surface area contributed by atoms with Gasteiger partial charge in [0.2, 0.25) is 0 Å². The number of carbonyl (C=O) groups excluding carboxylic acids is 1. The van der Waals surface area contributed by atoms with Crippen LogP contribution in [0.15, 0.2) is 28.8 Å². The summed E-state index contributed by atoms with van der Waals surface area (Å²) < 4.78 is 5.10. The summed E-state index contributed by atoms with van der Waals surface area (Å²) in [6.07, 6.45) is 0.815. The number of amides is 1. The molecule has 0 radical (unpaired) electrons. The van der Waals surface area contributed by atoms with Crippen molar-refractivity contribution in [3.05, 3.63) is 46.8 Å². The van der Waals surface area contributed by atoms with E-state index in [4.69, 9.17) is 22.0 Å². The number of hydrogen-bond donors (Lipinski definition) is 1. The third kappa shape index (κ3) is 3.32. The molecule has 25 heavy (non-hydrogen) atoms. The first-order valence-electron chi connectivity index (χ1n) is 7.84. The highest BCUT2D eigenvalue weighted by molar-refractivity contribution is 7.80. The number of rotatable bonds is 2. The fraction of sp³-hybridized carbons (Fsp3) is 0.294. The molecule has 2 heterocycles. The molecule has 0 unspecified atom stereocenters. The minimum atomic E-state index is -0.177. The lowest BCUT2D eigenvalue weighted by Crippen LogP contribution is -2.46. The smallest absolute Gasteiger partial charge is 0.277 e. The Kier molecular flexibility index (Phi) is 4.67. The SMILES string of the molecule is Cc1noc(C)c1C(=O)N1CCCN1C(=S)Nc1cccc(C#N)c1. The molecular formula is C17H17N5O2S. The van der Waals surface area contributed by atoms with Gasteiger partial charge in [0.25, 0.3) is 5.91 Å². The summed E-state index contributed by atoms with van der Waals surface area (Å²) in [6, 6.07) is 9.12. The maximum atomic E-state index is 12.9. The van der Waals surface area contributed by atoms with Crippen LogP contribution in [0.1, 0.15) is 33.8 Å². The Morgan fingerprint density at radius 1 is 1.36 bits per heavy atom. The molecule has 1 N–H and O–H groups in total. The van der Waals surface area contributed by atoms with Crippen LogP contribution in [0.5, 0.6) is 0 Å². The molecule has 7 nitrogen and oxygen atoms in total. The minimum absolute atomic E-state index is 0.177. The van der Waals surface area contributed by atoms with Crippen LogP contribution >= 0.6 is 12.2 Å². The van der Waals surface area contributed by atoms with Gasteiger partial charge in [-0.25, -0.2) is 5.01 Å². The third-order valence-electron chi connectivity index (χ3n) is 3.99. The number of nitriles is 1. The highest BCUT2D eigenvalue weighted by Crippen LogP contribution is 2.21. The van der Waals surface area contributed by atoms with Crippen molar-refractivity contribution in [3.8, 4) is 6.07 Å². The van der Waals surface area contributed by atoms with Gasteiger partial charge in [0.15, 0.2) is 5.11 Å². The lowest BCUT2D eigenvalue weighted by atomic mass is 10.2. The topological polar surface area (TPSA) is 85.4 Å². The Hall–Kier alpha value is -2.92. The molecule has 1 fully saturated rings. The summed E-state index contributed by atoms with van der Waals surface area (Å²) in [5, 5.41) is 19.7. The highest BCUT2D eigenvalue weighted by atomic mass is 32.1. The van der Waals surface area contributed by atoms with Gasteiger partial charge >= 0.3 is 0 Å². The molecule has 1 saturated heterocycles. The van der Waals surface area contributed by atoms with Gasteiger partial charge in [-0.3, -0.25) is 9.80 Å². The molecule has 1 aliphatic rings. The van der Waals surface area contributed by atoms with Crippen LogP contribution in [0.4, 0.5) is 5.69 Å². The molecule has 3 rings (SSSR count). The zero-order chi connectivity index (χ0) is 18.0. The summed E-state index contributed by atoms with van der Waals surface area (Å²) in [5.74, 6) is 0.318. The molecule has 128 valence electrons. The van der Waals surface area contributed by atoms with E-state index in [1.54, 1.807) is 42.1 Å². The van der Waals surface area contributed by atoms with Crippen molar-refractivity contribution in [2.45, 2.75) is 20.3 Å². The number of carbonyl (C=O) groups is 1. The molecule has 1 aromatic heterocycles. The van der Waals surface area contributed by atoms with E-state index in [9.17, 15) is 4.79 Å². The first kappa shape index (κ1) is 16.9. The van der Waals surface area contributed by atoms with Gasteiger partial charge in [0.05, 0.1) is 17.3 Å². The van der Waals surface area contributed by atoms with Crippen molar-refractivity contribution < 1.29 is 9.32 Å². The van der Waals surface area contributed by atoms with E-state index >= 15 is 0 Å². The van der Waals surface area contributed by atoms with E-state index in [0.29, 0.717) is 46.5 Å². The Morgan fingerprint density at radius 3 is 2.80 bits per heavy atom. The number of hydrazine groups is 1. The molecule has 0 bridgehead atoms. The van der Waals surface area contributed by atoms with Crippen molar-refractivity contribution in [1.29, 1.82) is 5.26 Å². The third-order valence-corrected chi connectivity index (χ3v) is 4.30. The summed E-state index contributed by atoms with van der Waals surface area (Å²) in [7, 11) is 0. The van der Waals surface area contributed by atoms with Crippen LogP contribution in [-0.4, -0.2) is 39.3 Å². The Labute approximate surface area is 150 Å². The maximum absolute atomic E-state index is 12.9. The molecular weight excluding hydrogens is 338 g/mol. The lowest BCUT2D eigenvalue weighted by molar-refractivity contribution is 0.0499. The number of aromatic nitrogens is 1. The molecule has 1 aliphatic heterocycles. The molecule has 8 heteroatoms. The van der Waals surface area contributed by atoms with Crippen molar-refractivity contribution in [2.75, 3.05) is 18.4 Å². The number of hydrogen-bond acceptors (Lipinski definition) is 5. The van der Waals surface area contributed by atoms with Crippen LogP contribution in [-0.2, 0) is 0 Å². The molecule has 2 aromatic rings. The number of anilines is 1. The van der Waals surface area contributed by atoms with Gasteiger partial charge in [-0.2, -0.15) is 5.26 Å². The van der Waals surface area contributed by atoms with Crippen LogP contribution in [0, 0.1) is 25.2 Å². The van der Waals surface area contributed by atoms with Gasteiger partial charge in [-0.1, -0.05) is 11.2 Å². The monoisotopic (exact) mass is 355 g/mol. The van der Waals surface area contributed by atoms with Crippen LogP contribution < -0.4 is 5.32 Å². The first-order valence-corrected chi connectivity index (χ1v) is 8.25. The normalized spacial score (nSPS) is 13.6. The van der Waals surface area contributed by atoms with E-state index in [1.807, 2.05) is 6.07 Å². The summed E-state index contributed by atoms with van der Waals surface area (Å²) in [4.78, 5) is 12.9. The van der Waals surface area contributed by atoms with Crippen molar-refractivity contribution in [1.82, 2.24) is 15.2 Å². The van der Waals surface area contributed by atoms with Crippen LogP contribution in [0.25, 0.3) is 0 Å². The van der Waals surface area contributed by atoms with Gasteiger partial charge in [0, 0.05) is 18.8 Å². The fourth-order valence-electron chi connectivity index (χ4n) is 2.81. The van der Waals surface area contributed by atoms with Gasteiger partial charge in [-0.05, 0) is 50.7 Å².